The van der Waals surface area contributed by atoms with Crippen LogP contribution in [0.4, 0.5) is 0 Å². The Bertz CT molecular complexity index is 361. The summed E-state index contributed by atoms with van der Waals surface area (Å²) in [5, 5.41) is 3.37. The van der Waals surface area contributed by atoms with E-state index in [-0.39, 0.29) is 5.60 Å². The number of nitrogens with one attached hydrogen (secondary N) is 1. The highest BCUT2D eigenvalue weighted by atomic mass is 16.5. The van der Waals surface area contributed by atoms with E-state index in [9.17, 15) is 0 Å². The first-order chi connectivity index (χ1) is 9.03. The van der Waals surface area contributed by atoms with Crippen molar-refractivity contribution in [3.8, 4) is 5.75 Å². The average molecular weight is 266 g/mol. The van der Waals surface area contributed by atoms with Gasteiger partial charge < -0.3 is 14.8 Å². The maximum atomic E-state index is 5.74. The van der Waals surface area contributed by atoms with E-state index in [1.807, 2.05) is 26.8 Å². The minimum atomic E-state index is -0.121. The highest BCUT2D eigenvalue weighted by Gasteiger charge is 2.10. The summed E-state index contributed by atoms with van der Waals surface area (Å²) in [5.74, 6) is 0.837. The Hall–Kier alpha value is -1.13. The molecule has 0 aliphatic carbocycles. The van der Waals surface area contributed by atoms with Crippen LogP contribution in [-0.2, 0) is 11.3 Å². The zero-order valence-corrected chi connectivity index (χ0v) is 12.5. The lowest BCUT2D eigenvalue weighted by Crippen LogP contribution is -2.22. The molecule has 0 spiro atoms. The Balaban J connectivity index is 2.39. The van der Waals surface area contributed by atoms with E-state index >= 15 is 0 Å². The first-order valence-corrected chi connectivity index (χ1v) is 6.93. The summed E-state index contributed by atoms with van der Waals surface area (Å²) >= 11 is 0. The fraction of sp³-hybridized carbons (Fsp3) is 0.667. The summed E-state index contributed by atoms with van der Waals surface area (Å²) < 4.78 is 11.4. The summed E-state index contributed by atoms with van der Waals surface area (Å²) in [4.78, 5) is 4.11. The first-order valence-electron chi connectivity index (χ1n) is 6.93. The molecule has 1 aromatic rings. The predicted molar refractivity (Wildman–Crippen MR) is 77.4 cm³/mol. The molecule has 1 aromatic heterocycles. The molecule has 0 amide bonds. The van der Waals surface area contributed by atoms with E-state index in [0.717, 1.165) is 30.8 Å². The van der Waals surface area contributed by atoms with Crippen LogP contribution in [0, 0.1) is 0 Å². The normalized spacial score (nSPS) is 11.6. The van der Waals surface area contributed by atoms with Crippen molar-refractivity contribution in [3.05, 3.63) is 24.0 Å². The third-order valence-corrected chi connectivity index (χ3v) is 2.49. The van der Waals surface area contributed by atoms with Gasteiger partial charge >= 0.3 is 0 Å². The van der Waals surface area contributed by atoms with Crippen molar-refractivity contribution in [1.82, 2.24) is 10.3 Å². The number of ether oxygens (including phenoxy) is 2. The van der Waals surface area contributed by atoms with Gasteiger partial charge in [-0.2, -0.15) is 0 Å². The van der Waals surface area contributed by atoms with Crippen LogP contribution in [0.15, 0.2) is 18.5 Å². The summed E-state index contributed by atoms with van der Waals surface area (Å²) in [6, 6.07) is 1.99. The maximum absolute atomic E-state index is 5.74. The van der Waals surface area contributed by atoms with Gasteiger partial charge in [-0.05, 0) is 39.8 Å². The van der Waals surface area contributed by atoms with Crippen molar-refractivity contribution in [3.63, 3.8) is 0 Å². The van der Waals surface area contributed by atoms with Crippen molar-refractivity contribution < 1.29 is 9.47 Å². The molecule has 0 radical (unpaired) electrons. The van der Waals surface area contributed by atoms with Crippen molar-refractivity contribution in [1.29, 1.82) is 0 Å². The Labute approximate surface area is 116 Å². The summed E-state index contributed by atoms with van der Waals surface area (Å²) in [5.41, 5.74) is 1.02. The number of pyridine rings is 1. The highest BCUT2D eigenvalue weighted by Crippen LogP contribution is 2.16. The number of hydrogen-bond acceptors (Lipinski definition) is 4. The van der Waals surface area contributed by atoms with Crippen LogP contribution in [0.3, 0.4) is 0 Å². The Kier molecular flexibility index (Phi) is 6.81. The fourth-order valence-corrected chi connectivity index (χ4v) is 1.58. The molecule has 0 fully saturated rings. The van der Waals surface area contributed by atoms with Gasteiger partial charge in [-0.15, -0.1) is 0 Å². The number of nitrogens with zero attached hydrogens (tertiary/aromatic N) is 1. The van der Waals surface area contributed by atoms with Gasteiger partial charge in [-0.3, -0.25) is 4.98 Å². The third-order valence-electron chi connectivity index (χ3n) is 2.49. The fourth-order valence-electron chi connectivity index (χ4n) is 1.58. The van der Waals surface area contributed by atoms with Crippen LogP contribution < -0.4 is 10.1 Å². The SMILES string of the molecule is CCCNCc1ccncc1OCCOC(C)(C)C. The van der Waals surface area contributed by atoms with Gasteiger partial charge in [0.2, 0.25) is 0 Å². The molecule has 1 heterocycles. The highest BCUT2D eigenvalue weighted by molar-refractivity contribution is 5.29. The van der Waals surface area contributed by atoms with E-state index in [4.69, 9.17) is 9.47 Å². The van der Waals surface area contributed by atoms with Gasteiger partial charge in [0.25, 0.3) is 0 Å². The second-order valence-corrected chi connectivity index (χ2v) is 5.47. The van der Waals surface area contributed by atoms with Crippen LogP contribution >= 0.6 is 0 Å². The lowest BCUT2D eigenvalue weighted by Gasteiger charge is -2.19. The molecule has 0 saturated carbocycles. The largest absolute Gasteiger partial charge is 0.489 e. The zero-order valence-electron chi connectivity index (χ0n) is 12.5. The molecule has 0 unspecified atom stereocenters. The van der Waals surface area contributed by atoms with Gasteiger partial charge in [-0.25, -0.2) is 0 Å². The summed E-state index contributed by atoms with van der Waals surface area (Å²) in [7, 11) is 0. The minimum Gasteiger partial charge on any atom is -0.489 e. The van der Waals surface area contributed by atoms with Crippen molar-refractivity contribution in [2.45, 2.75) is 46.3 Å². The molecule has 1 rings (SSSR count). The monoisotopic (exact) mass is 266 g/mol. The van der Waals surface area contributed by atoms with Crippen LogP contribution in [-0.4, -0.2) is 30.3 Å². The Morgan fingerprint density at radius 1 is 1.26 bits per heavy atom. The molecule has 0 aromatic carbocycles. The lowest BCUT2D eigenvalue weighted by molar-refractivity contribution is -0.0164. The van der Waals surface area contributed by atoms with Gasteiger partial charge in [0, 0.05) is 18.3 Å². The lowest BCUT2D eigenvalue weighted by atomic mass is 10.2. The maximum Gasteiger partial charge on any atom is 0.142 e. The second kappa shape index (κ2) is 8.12. The quantitative estimate of drug-likeness (QED) is 0.735. The number of hydrogen-bond donors (Lipinski definition) is 1. The van der Waals surface area contributed by atoms with E-state index in [1.54, 1.807) is 12.4 Å². The smallest absolute Gasteiger partial charge is 0.142 e. The van der Waals surface area contributed by atoms with E-state index in [0.29, 0.717) is 13.2 Å². The molecule has 0 saturated heterocycles. The van der Waals surface area contributed by atoms with Gasteiger partial charge in [0.15, 0.2) is 0 Å². The van der Waals surface area contributed by atoms with Crippen molar-refractivity contribution >= 4 is 0 Å². The molecule has 1 N–H and O–H groups in total. The molecular weight excluding hydrogens is 240 g/mol. The average Bonchev–Trinajstić information content (AvgIpc) is 2.35. The molecular formula is C15H26N2O2. The van der Waals surface area contributed by atoms with Crippen LogP contribution in [0.5, 0.6) is 5.75 Å². The first kappa shape index (κ1) is 15.9. The van der Waals surface area contributed by atoms with E-state index < -0.39 is 0 Å². The minimum absolute atomic E-state index is 0.121. The van der Waals surface area contributed by atoms with E-state index in [2.05, 4.69) is 17.2 Å². The molecule has 108 valence electrons. The summed E-state index contributed by atoms with van der Waals surface area (Å²) in [6.45, 7) is 11.2. The van der Waals surface area contributed by atoms with Crippen molar-refractivity contribution in [2.24, 2.45) is 0 Å². The number of rotatable bonds is 8. The summed E-state index contributed by atoms with van der Waals surface area (Å²) in [6.07, 6.45) is 4.68. The van der Waals surface area contributed by atoms with E-state index in [1.165, 1.54) is 0 Å². The zero-order chi connectivity index (χ0) is 14.1. The molecule has 19 heavy (non-hydrogen) atoms. The van der Waals surface area contributed by atoms with Crippen LogP contribution in [0.2, 0.25) is 0 Å². The number of aromatic nitrogens is 1. The van der Waals surface area contributed by atoms with Crippen LogP contribution in [0.25, 0.3) is 0 Å². The van der Waals surface area contributed by atoms with Gasteiger partial charge in [0.1, 0.15) is 12.4 Å². The van der Waals surface area contributed by atoms with Crippen molar-refractivity contribution in [2.75, 3.05) is 19.8 Å². The molecule has 4 heteroatoms. The van der Waals surface area contributed by atoms with Crippen LogP contribution in [0.1, 0.15) is 39.7 Å². The molecule has 0 bridgehead atoms. The Morgan fingerprint density at radius 3 is 2.74 bits per heavy atom. The topological polar surface area (TPSA) is 43.4 Å². The standard InChI is InChI=1S/C15H26N2O2/c1-5-7-16-11-13-6-8-17-12-14(13)18-9-10-19-15(2,3)4/h6,8,12,16H,5,7,9-11H2,1-4H3. The van der Waals surface area contributed by atoms with Gasteiger partial charge in [0.05, 0.1) is 18.4 Å². The molecule has 0 atom stereocenters. The third kappa shape index (κ3) is 7.13. The molecule has 0 aliphatic heterocycles. The van der Waals surface area contributed by atoms with Gasteiger partial charge in [-0.1, -0.05) is 6.92 Å². The predicted octanol–water partition coefficient (Wildman–Crippen LogP) is 2.78. The molecule has 4 nitrogen and oxygen atoms in total. The second-order valence-electron chi connectivity index (χ2n) is 5.47. The Morgan fingerprint density at radius 2 is 2.05 bits per heavy atom. The molecule has 0 aliphatic rings.